The Kier molecular flexibility index (Phi) is 19.5. The summed E-state index contributed by atoms with van der Waals surface area (Å²) in [5.41, 5.74) is -6.00. The molecule has 0 fully saturated rings. The molecule has 0 aliphatic rings. The molecule has 0 radical (unpaired) electrons. The second kappa shape index (κ2) is 13.2. The van der Waals surface area contributed by atoms with Gasteiger partial charge in [-0.3, -0.25) is 0 Å². The minimum atomic E-state index is -5.54. The maximum atomic E-state index is 10.3. The van der Waals surface area contributed by atoms with Crippen LogP contribution in [0.3, 0.4) is 0 Å². The van der Waals surface area contributed by atoms with E-state index in [2.05, 4.69) is 9.05 Å². The molecule has 4 unspecified atom stereocenters. The molecule has 0 bridgehead atoms. The average molecular weight is 433 g/mol. The summed E-state index contributed by atoms with van der Waals surface area (Å²) in [7, 11) is -19.7. The summed E-state index contributed by atoms with van der Waals surface area (Å²) in [6.07, 6.45) is 0. The molecule has 0 spiro atoms. The van der Waals surface area contributed by atoms with Gasteiger partial charge >= 0.3 is 30.4 Å². The van der Waals surface area contributed by atoms with E-state index < -0.39 is 41.6 Å². The molecule has 0 rings (SSSR count). The minimum Gasteiger partial charge on any atom is -0.809 e. The van der Waals surface area contributed by atoms with Gasteiger partial charge in [0.05, 0.1) is 0 Å². The first-order chi connectivity index (χ1) is 9.43. The number of hydrogen-bond donors (Lipinski definition) is 2. The van der Waals surface area contributed by atoms with Gasteiger partial charge in [0, 0.05) is 14.2 Å². The van der Waals surface area contributed by atoms with Crippen LogP contribution in [0, 0.1) is 0 Å². The number of rotatable bonds is 6. The number of aliphatic hydroxyl groups excluding tert-OH is 2. The van der Waals surface area contributed by atoms with Crippen LogP contribution in [-0.2, 0) is 27.3 Å². The molecule has 0 saturated heterocycles. The molecule has 0 aromatic rings. The first-order valence-corrected chi connectivity index (χ1v) is 11.0. The first kappa shape index (κ1) is 36.9. The Morgan fingerprint density at radius 3 is 0.840 bits per heavy atom. The smallest absolute Gasteiger partial charge is 0.809 e. The maximum Gasteiger partial charge on any atom is 2.00 e. The van der Waals surface area contributed by atoms with Crippen LogP contribution in [0.4, 0.5) is 0 Å². The van der Waals surface area contributed by atoms with E-state index in [9.17, 15) is 47.6 Å². The van der Waals surface area contributed by atoms with Gasteiger partial charge in [-0.15, -0.1) is 0 Å². The van der Waals surface area contributed by atoms with E-state index in [1.54, 1.807) is 0 Å². The molecular formula is C4H10Be3O14P4. The van der Waals surface area contributed by atoms with Crippen LogP contribution in [0.5, 0.6) is 0 Å². The van der Waals surface area contributed by atoms with E-state index in [0.717, 1.165) is 0 Å². The van der Waals surface area contributed by atoms with Crippen molar-refractivity contribution in [3.8, 4) is 0 Å². The minimum absolute atomic E-state index is 0. The van der Waals surface area contributed by atoms with Gasteiger partial charge in [0.2, 0.25) is 0 Å². The monoisotopic (exact) mass is 433 g/mol. The summed E-state index contributed by atoms with van der Waals surface area (Å²) >= 11 is 0. The van der Waals surface area contributed by atoms with Crippen LogP contribution in [0.2, 0.25) is 0 Å². The van der Waals surface area contributed by atoms with Gasteiger partial charge in [-0.2, -0.15) is 0 Å². The third-order valence-electron chi connectivity index (χ3n) is 1.64. The van der Waals surface area contributed by atoms with Crippen molar-refractivity contribution in [2.24, 2.45) is 0 Å². The number of hydrogen-bond acceptors (Lipinski definition) is 14. The molecule has 0 aliphatic heterocycles. The largest absolute Gasteiger partial charge is 2.00 e. The molecule has 0 aromatic heterocycles. The molecule has 0 saturated carbocycles. The Morgan fingerprint density at radius 2 is 0.800 bits per heavy atom. The van der Waals surface area contributed by atoms with Crippen molar-refractivity contribution in [2.75, 3.05) is 14.2 Å². The fourth-order valence-corrected chi connectivity index (χ4v) is 4.25. The normalized spacial score (nSPS) is 18.3. The van der Waals surface area contributed by atoms with E-state index in [1.807, 2.05) is 0 Å². The zero-order valence-corrected chi connectivity index (χ0v) is 16.4. The van der Waals surface area contributed by atoms with E-state index in [0.29, 0.717) is 14.2 Å². The zero-order chi connectivity index (χ0) is 18.6. The Morgan fingerprint density at radius 1 is 0.640 bits per heavy atom. The summed E-state index contributed by atoms with van der Waals surface area (Å²) in [4.78, 5) is 60.3. The zero-order valence-electron chi connectivity index (χ0n) is 12.9. The third kappa shape index (κ3) is 13.8. The van der Waals surface area contributed by atoms with E-state index >= 15 is 0 Å². The Hall–Kier alpha value is 1.03. The van der Waals surface area contributed by atoms with E-state index in [4.69, 9.17) is 10.2 Å². The standard InChI is InChI=1S/2C2H8O7P2.3Be/c2*1-9-11(7,8)2(3)10(4,5)6;;;/h2*2-3H,1H3,(H,7,8)(H2,4,5,6);;;/q;;3*+2/p-6. The molecule has 0 aliphatic carbocycles. The SMILES string of the molecule is COP(=O)([O-])C(O)P(=O)([O-])[O-].COP(=O)([O-])C(O)P(=O)([O-])[O-].[Be+2].[Be+2].[Be+2]. The second-order valence-electron chi connectivity index (χ2n) is 3.22. The first-order valence-electron chi connectivity index (χ1n) is 4.56. The Balaban J connectivity index is -0.0000000952. The van der Waals surface area contributed by atoms with Crippen molar-refractivity contribution in [1.29, 1.82) is 0 Å². The van der Waals surface area contributed by atoms with Gasteiger partial charge in [0.15, 0.2) is 15.2 Å². The van der Waals surface area contributed by atoms with Gasteiger partial charge in [-0.1, -0.05) is 0 Å². The Bertz CT molecular complexity index is 494. The molecule has 136 valence electrons. The van der Waals surface area contributed by atoms with Gasteiger partial charge in [-0.25, -0.2) is 0 Å². The summed E-state index contributed by atoms with van der Waals surface area (Å²) in [6.45, 7) is 0. The van der Waals surface area contributed by atoms with Crippen molar-refractivity contribution in [3.05, 3.63) is 0 Å². The Labute approximate surface area is 153 Å². The van der Waals surface area contributed by atoms with Crippen molar-refractivity contribution in [2.45, 2.75) is 11.2 Å². The van der Waals surface area contributed by atoms with Crippen LogP contribution < -0.4 is 29.4 Å². The molecule has 0 heterocycles. The molecule has 4 atom stereocenters. The van der Waals surface area contributed by atoms with Crippen LogP contribution in [-0.4, -0.2) is 66.0 Å². The van der Waals surface area contributed by atoms with Crippen molar-refractivity contribution in [3.63, 3.8) is 0 Å². The predicted octanol–water partition coefficient (Wildman–Crippen LogP) is -6.39. The van der Waals surface area contributed by atoms with Gasteiger partial charge in [0.25, 0.3) is 0 Å². The summed E-state index contributed by atoms with van der Waals surface area (Å²) in [6, 6.07) is 0. The topological polar surface area (TPSA) is 266 Å². The molecular weight excluding hydrogens is 423 g/mol. The predicted molar refractivity (Wildman–Crippen MR) is 73.7 cm³/mol. The summed E-state index contributed by atoms with van der Waals surface area (Å²) < 4.78 is 47.7. The van der Waals surface area contributed by atoms with Crippen LogP contribution in [0.1, 0.15) is 0 Å². The second-order valence-corrected chi connectivity index (χ2v) is 11.0. The van der Waals surface area contributed by atoms with Crippen molar-refractivity contribution < 1.29 is 66.9 Å². The average Bonchev–Trinajstić information content (AvgIpc) is 2.35. The van der Waals surface area contributed by atoms with Crippen LogP contribution in [0.25, 0.3) is 0 Å². The van der Waals surface area contributed by atoms with Gasteiger partial charge in [-0.05, 0) is 15.2 Å². The molecule has 25 heavy (non-hydrogen) atoms. The quantitative estimate of drug-likeness (QED) is 0.291. The fourth-order valence-electron chi connectivity index (χ4n) is 0.535. The van der Waals surface area contributed by atoms with Crippen LogP contribution in [0.15, 0.2) is 0 Å². The van der Waals surface area contributed by atoms with Crippen LogP contribution >= 0.6 is 30.4 Å². The molecule has 0 aromatic carbocycles. The molecule has 14 nitrogen and oxygen atoms in total. The van der Waals surface area contributed by atoms with Gasteiger partial charge in [0.1, 0.15) is 11.2 Å². The molecule has 0 amide bonds. The third-order valence-corrected chi connectivity index (χ3v) is 8.32. The van der Waals surface area contributed by atoms with E-state index in [-0.39, 0.29) is 30.4 Å². The van der Waals surface area contributed by atoms with Gasteiger partial charge < -0.3 is 66.9 Å². The summed E-state index contributed by atoms with van der Waals surface area (Å²) in [5, 5.41) is 16.6. The van der Waals surface area contributed by atoms with Crippen molar-refractivity contribution >= 4 is 60.7 Å². The van der Waals surface area contributed by atoms with E-state index in [1.165, 1.54) is 0 Å². The number of aliphatic hydroxyl groups is 2. The molecule has 2 N–H and O–H groups in total. The fraction of sp³-hybridized carbons (Fsp3) is 1.00. The maximum absolute atomic E-state index is 10.3. The summed E-state index contributed by atoms with van der Waals surface area (Å²) in [5.74, 6) is 0. The molecule has 21 heteroatoms. The van der Waals surface area contributed by atoms with Crippen molar-refractivity contribution in [1.82, 2.24) is 0 Å².